The van der Waals surface area contributed by atoms with E-state index in [1.54, 1.807) is 7.11 Å². The number of hydrogen-bond acceptors (Lipinski definition) is 3. The van der Waals surface area contributed by atoms with Crippen LogP contribution < -0.4 is 11.3 Å². The second kappa shape index (κ2) is 6.61. The van der Waals surface area contributed by atoms with E-state index in [1.165, 1.54) is 12.1 Å². The molecule has 1 aromatic carbocycles. The highest BCUT2D eigenvalue weighted by Gasteiger charge is 2.40. The Balaban J connectivity index is 2.37. The lowest BCUT2D eigenvalue weighted by molar-refractivity contribution is -0.0542. The maximum Gasteiger partial charge on any atom is 0.126 e. The summed E-state index contributed by atoms with van der Waals surface area (Å²) in [7, 11) is 1.64. The Kier molecular flexibility index (Phi) is 5.07. The van der Waals surface area contributed by atoms with Gasteiger partial charge in [0.15, 0.2) is 0 Å². The SMILES string of the molecule is COC1(C(NN)c2cc(F)cc(F)c2)CCCCCC1. The Morgan fingerprint density at radius 2 is 1.65 bits per heavy atom. The third kappa shape index (κ3) is 3.16. The number of halogens is 2. The van der Waals surface area contributed by atoms with Crippen molar-refractivity contribution in [2.45, 2.75) is 50.2 Å². The summed E-state index contributed by atoms with van der Waals surface area (Å²) < 4.78 is 32.7. The Morgan fingerprint density at radius 1 is 1.10 bits per heavy atom. The van der Waals surface area contributed by atoms with Gasteiger partial charge in [0, 0.05) is 13.2 Å². The van der Waals surface area contributed by atoms with E-state index in [-0.39, 0.29) is 0 Å². The van der Waals surface area contributed by atoms with Crippen molar-refractivity contribution in [3.63, 3.8) is 0 Å². The normalized spacial score (nSPS) is 20.4. The quantitative estimate of drug-likeness (QED) is 0.507. The molecule has 0 bridgehead atoms. The van der Waals surface area contributed by atoms with Crippen molar-refractivity contribution in [1.29, 1.82) is 0 Å². The van der Waals surface area contributed by atoms with Gasteiger partial charge in [0.2, 0.25) is 0 Å². The molecule has 1 aromatic rings. The first kappa shape index (κ1) is 15.4. The monoisotopic (exact) mass is 284 g/mol. The smallest absolute Gasteiger partial charge is 0.126 e. The summed E-state index contributed by atoms with van der Waals surface area (Å²) in [5.41, 5.74) is 2.69. The average molecular weight is 284 g/mol. The van der Waals surface area contributed by atoms with Crippen LogP contribution in [0, 0.1) is 11.6 Å². The van der Waals surface area contributed by atoms with Crippen LogP contribution in [0.5, 0.6) is 0 Å². The van der Waals surface area contributed by atoms with E-state index in [2.05, 4.69) is 5.43 Å². The Labute approximate surface area is 118 Å². The molecular formula is C15H22F2N2O. The second-order valence-corrected chi connectivity index (χ2v) is 5.49. The topological polar surface area (TPSA) is 47.3 Å². The largest absolute Gasteiger partial charge is 0.376 e. The zero-order chi connectivity index (χ0) is 14.6. The highest BCUT2D eigenvalue weighted by atomic mass is 19.1. The van der Waals surface area contributed by atoms with Gasteiger partial charge in [-0.05, 0) is 30.5 Å². The summed E-state index contributed by atoms with van der Waals surface area (Å²) in [6.07, 6.45) is 6.03. The van der Waals surface area contributed by atoms with Crippen molar-refractivity contribution in [2.24, 2.45) is 5.84 Å². The summed E-state index contributed by atoms with van der Waals surface area (Å²) in [6.45, 7) is 0. The van der Waals surface area contributed by atoms with Gasteiger partial charge in [-0.3, -0.25) is 11.3 Å². The number of rotatable bonds is 4. The fraction of sp³-hybridized carbons (Fsp3) is 0.600. The third-order valence-electron chi connectivity index (χ3n) is 4.27. The molecule has 0 amide bonds. The molecule has 112 valence electrons. The fourth-order valence-corrected chi connectivity index (χ4v) is 3.23. The van der Waals surface area contributed by atoms with Crippen molar-refractivity contribution < 1.29 is 13.5 Å². The predicted molar refractivity (Wildman–Crippen MR) is 73.9 cm³/mol. The van der Waals surface area contributed by atoms with Crippen molar-refractivity contribution in [3.8, 4) is 0 Å². The third-order valence-corrected chi connectivity index (χ3v) is 4.27. The lowest BCUT2D eigenvalue weighted by Crippen LogP contribution is -2.48. The number of hydrazine groups is 1. The van der Waals surface area contributed by atoms with E-state index in [1.807, 2.05) is 0 Å². The molecule has 0 radical (unpaired) electrons. The number of benzene rings is 1. The first-order valence-corrected chi connectivity index (χ1v) is 7.08. The molecule has 1 unspecified atom stereocenters. The molecule has 1 aliphatic carbocycles. The Hall–Kier alpha value is -1.04. The van der Waals surface area contributed by atoms with Crippen LogP contribution >= 0.6 is 0 Å². The standard InChI is InChI=1S/C15H22F2N2O/c1-20-15(6-4-2-3-5-7-15)14(19-18)11-8-12(16)10-13(17)9-11/h8-10,14,19H,2-7,18H2,1H3. The molecule has 1 saturated carbocycles. The summed E-state index contributed by atoms with van der Waals surface area (Å²) in [4.78, 5) is 0. The predicted octanol–water partition coefficient (Wildman–Crippen LogP) is 3.21. The molecule has 1 atom stereocenters. The molecule has 1 fully saturated rings. The van der Waals surface area contributed by atoms with Crippen LogP contribution in [-0.2, 0) is 4.74 Å². The van der Waals surface area contributed by atoms with E-state index >= 15 is 0 Å². The molecule has 1 aliphatic rings. The van der Waals surface area contributed by atoms with Crippen LogP contribution in [0.1, 0.15) is 50.1 Å². The van der Waals surface area contributed by atoms with Crippen LogP contribution in [0.3, 0.4) is 0 Å². The van der Waals surface area contributed by atoms with Gasteiger partial charge in [-0.2, -0.15) is 0 Å². The van der Waals surface area contributed by atoms with Crippen LogP contribution in [0.25, 0.3) is 0 Å². The average Bonchev–Trinajstić information content (AvgIpc) is 2.65. The molecule has 0 spiro atoms. The zero-order valence-corrected chi connectivity index (χ0v) is 11.8. The molecule has 0 heterocycles. The molecule has 0 aliphatic heterocycles. The zero-order valence-electron chi connectivity index (χ0n) is 11.8. The summed E-state index contributed by atoms with van der Waals surface area (Å²) in [6, 6.07) is 3.08. The van der Waals surface area contributed by atoms with Gasteiger partial charge >= 0.3 is 0 Å². The van der Waals surface area contributed by atoms with Crippen molar-refractivity contribution in [1.82, 2.24) is 5.43 Å². The van der Waals surface area contributed by atoms with Gasteiger partial charge in [-0.15, -0.1) is 0 Å². The molecule has 2 rings (SSSR count). The minimum atomic E-state index is -0.597. The van der Waals surface area contributed by atoms with Gasteiger partial charge in [-0.1, -0.05) is 25.7 Å². The lowest BCUT2D eigenvalue weighted by Gasteiger charge is -2.39. The van der Waals surface area contributed by atoms with E-state index in [9.17, 15) is 8.78 Å². The van der Waals surface area contributed by atoms with E-state index in [4.69, 9.17) is 10.6 Å². The number of nitrogens with two attached hydrogens (primary N) is 1. The maximum atomic E-state index is 13.5. The van der Waals surface area contributed by atoms with Gasteiger partial charge in [-0.25, -0.2) is 8.78 Å². The van der Waals surface area contributed by atoms with E-state index in [0.717, 1.165) is 44.6 Å². The molecule has 3 nitrogen and oxygen atoms in total. The molecule has 3 N–H and O–H groups in total. The fourth-order valence-electron chi connectivity index (χ4n) is 3.23. The molecule has 5 heteroatoms. The van der Waals surface area contributed by atoms with Crippen LogP contribution in [0.15, 0.2) is 18.2 Å². The van der Waals surface area contributed by atoms with Gasteiger partial charge in [0.05, 0.1) is 11.6 Å². The van der Waals surface area contributed by atoms with Gasteiger partial charge in [0.25, 0.3) is 0 Å². The Morgan fingerprint density at radius 3 is 2.10 bits per heavy atom. The number of ether oxygens (including phenoxy) is 1. The number of nitrogens with one attached hydrogen (secondary N) is 1. The lowest BCUT2D eigenvalue weighted by atomic mass is 9.82. The Bertz CT molecular complexity index is 425. The molecular weight excluding hydrogens is 262 g/mol. The maximum absolute atomic E-state index is 13.5. The highest BCUT2D eigenvalue weighted by Crippen LogP contribution is 2.40. The summed E-state index contributed by atoms with van der Waals surface area (Å²) in [5.74, 6) is 4.48. The van der Waals surface area contributed by atoms with Gasteiger partial charge < -0.3 is 4.74 Å². The highest BCUT2D eigenvalue weighted by molar-refractivity contribution is 5.24. The molecule has 0 saturated heterocycles. The van der Waals surface area contributed by atoms with Crippen LogP contribution in [0.4, 0.5) is 8.78 Å². The van der Waals surface area contributed by atoms with E-state index < -0.39 is 23.3 Å². The van der Waals surface area contributed by atoms with E-state index in [0.29, 0.717) is 5.56 Å². The minimum Gasteiger partial charge on any atom is -0.376 e. The second-order valence-electron chi connectivity index (χ2n) is 5.49. The van der Waals surface area contributed by atoms with Crippen LogP contribution in [0.2, 0.25) is 0 Å². The summed E-state index contributed by atoms with van der Waals surface area (Å²) >= 11 is 0. The minimum absolute atomic E-state index is 0.421. The van der Waals surface area contributed by atoms with Crippen molar-refractivity contribution in [2.75, 3.05) is 7.11 Å². The van der Waals surface area contributed by atoms with Crippen LogP contribution in [-0.4, -0.2) is 12.7 Å². The van der Waals surface area contributed by atoms with Crippen molar-refractivity contribution >= 4 is 0 Å². The summed E-state index contributed by atoms with van der Waals surface area (Å²) in [5, 5.41) is 0. The van der Waals surface area contributed by atoms with Gasteiger partial charge in [0.1, 0.15) is 11.6 Å². The first-order chi connectivity index (χ1) is 9.61. The molecule has 20 heavy (non-hydrogen) atoms. The first-order valence-electron chi connectivity index (χ1n) is 7.08. The molecule has 0 aromatic heterocycles. The van der Waals surface area contributed by atoms with Crippen molar-refractivity contribution in [3.05, 3.63) is 35.4 Å². The number of methoxy groups -OCH3 is 1. The number of hydrogen-bond donors (Lipinski definition) is 2.